The highest BCUT2D eigenvalue weighted by molar-refractivity contribution is 5.81. The molecule has 2 rings (SSSR count). The molecule has 1 saturated heterocycles. The molecule has 1 amide bonds. The molecule has 0 radical (unpaired) electrons. The van der Waals surface area contributed by atoms with Crippen molar-refractivity contribution in [1.82, 2.24) is 15.2 Å². The van der Waals surface area contributed by atoms with E-state index in [1.54, 1.807) is 6.20 Å². The van der Waals surface area contributed by atoms with E-state index in [1.165, 1.54) is 0 Å². The SMILES string of the molecule is CC[C@H](N)C(=O)NCc1cccnc1N1CCN(C)CC1. The number of nitrogens with zero attached hydrogens (tertiary/aromatic N) is 3. The number of amides is 1. The highest BCUT2D eigenvalue weighted by Gasteiger charge is 2.18. The zero-order valence-electron chi connectivity index (χ0n) is 12.9. The molecule has 0 spiro atoms. The first-order valence-corrected chi connectivity index (χ1v) is 7.52. The molecule has 1 aliphatic rings. The van der Waals surface area contributed by atoms with Gasteiger partial charge in [0.1, 0.15) is 5.82 Å². The largest absolute Gasteiger partial charge is 0.354 e. The maximum Gasteiger partial charge on any atom is 0.237 e. The van der Waals surface area contributed by atoms with Gasteiger partial charge in [-0.2, -0.15) is 0 Å². The number of pyridine rings is 1. The van der Waals surface area contributed by atoms with E-state index in [0.29, 0.717) is 13.0 Å². The maximum absolute atomic E-state index is 11.8. The van der Waals surface area contributed by atoms with Crippen LogP contribution in [0.15, 0.2) is 18.3 Å². The van der Waals surface area contributed by atoms with Crippen LogP contribution in [0.25, 0.3) is 0 Å². The molecule has 2 heterocycles. The predicted molar refractivity (Wildman–Crippen MR) is 84.1 cm³/mol. The van der Waals surface area contributed by atoms with E-state index in [0.717, 1.165) is 37.6 Å². The van der Waals surface area contributed by atoms with Gasteiger partial charge in [-0.25, -0.2) is 4.98 Å². The molecule has 21 heavy (non-hydrogen) atoms. The fourth-order valence-electron chi connectivity index (χ4n) is 2.37. The Labute approximate surface area is 126 Å². The fraction of sp³-hybridized carbons (Fsp3) is 0.600. The lowest BCUT2D eigenvalue weighted by Gasteiger charge is -2.34. The predicted octanol–water partition coefficient (Wildman–Crippen LogP) is 0.187. The summed E-state index contributed by atoms with van der Waals surface area (Å²) < 4.78 is 0. The van der Waals surface area contributed by atoms with Crippen molar-refractivity contribution in [3.63, 3.8) is 0 Å². The number of carbonyl (C=O) groups excluding carboxylic acids is 1. The number of hydrogen-bond acceptors (Lipinski definition) is 5. The monoisotopic (exact) mass is 291 g/mol. The third-order valence-corrected chi connectivity index (χ3v) is 3.90. The molecule has 0 saturated carbocycles. The summed E-state index contributed by atoms with van der Waals surface area (Å²) in [4.78, 5) is 20.9. The van der Waals surface area contributed by atoms with Crippen molar-refractivity contribution in [2.24, 2.45) is 5.73 Å². The summed E-state index contributed by atoms with van der Waals surface area (Å²) in [7, 11) is 2.13. The van der Waals surface area contributed by atoms with Crippen molar-refractivity contribution in [2.75, 3.05) is 38.1 Å². The van der Waals surface area contributed by atoms with Crippen molar-refractivity contribution in [2.45, 2.75) is 25.9 Å². The Morgan fingerprint density at radius 2 is 2.14 bits per heavy atom. The number of nitrogens with one attached hydrogen (secondary N) is 1. The Hall–Kier alpha value is -1.66. The summed E-state index contributed by atoms with van der Waals surface area (Å²) in [6, 6.07) is 3.48. The molecule has 0 aliphatic carbocycles. The molecule has 6 nitrogen and oxygen atoms in total. The van der Waals surface area contributed by atoms with Gasteiger partial charge in [-0.05, 0) is 19.5 Å². The van der Waals surface area contributed by atoms with Crippen LogP contribution in [0.1, 0.15) is 18.9 Å². The topological polar surface area (TPSA) is 74.5 Å². The van der Waals surface area contributed by atoms with Crippen LogP contribution < -0.4 is 16.0 Å². The number of aromatic nitrogens is 1. The second-order valence-corrected chi connectivity index (χ2v) is 5.51. The zero-order valence-corrected chi connectivity index (χ0v) is 12.9. The molecular formula is C15H25N5O. The van der Waals surface area contributed by atoms with Crippen LogP contribution in [-0.4, -0.2) is 55.1 Å². The molecule has 1 fully saturated rings. The van der Waals surface area contributed by atoms with Gasteiger partial charge < -0.3 is 20.9 Å². The Balaban J connectivity index is 2.01. The summed E-state index contributed by atoms with van der Waals surface area (Å²) >= 11 is 0. The lowest BCUT2D eigenvalue weighted by atomic mass is 10.2. The smallest absolute Gasteiger partial charge is 0.237 e. The first kappa shape index (κ1) is 15.7. The quantitative estimate of drug-likeness (QED) is 0.810. The molecule has 116 valence electrons. The summed E-state index contributed by atoms with van der Waals surface area (Å²) in [6.07, 6.45) is 2.45. The minimum Gasteiger partial charge on any atom is -0.354 e. The minimum absolute atomic E-state index is 0.106. The third-order valence-electron chi connectivity index (χ3n) is 3.90. The molecule has 0 unspecified atom stereocenters. The third kappa shape index (κ3) is 4.15. The van der Waals surface area contributed by atoms with Crippen LogP contribution >= 0.6 is 0 Å². The number of hydrogen-bond donors (Lipinski definition) is 2. The van der Waals surface area contributed by atoms with Gasteiger partial charge in [-0.1, -0.05) is 13.0 Å². The molecule has 1 aromatic rings. The number of nitrogens with two attached hydrogens (primary N) is 1. The van der Waals surface area contributed by atoms with Gasteiger partial charge in [0.05, 0.1) is 6.04 Å². The van der Waals surface area contributed by atoms with E-state index in [1.807, 2.05) is 19.1 Å². The number of anilines is 1. The van der Waals surface area contributed by atoms with Gasteiger partial charge in [0.15, 0.2) is 0 Å². The minimum atomic E-state index is -0.436. The zero-order chi connectivity index (χ0) is 15.2. The Morgan fingerprint density at radius 3 is 2.81 bits per heavy atom. The summed E-state index contributed by atoms with van der Waals surface area (Å²) in [5.41, 5.74) is 6.77. The molecule has 6 heteroatoms. The van der Waals surface area contributed by atoms with Crippen LogP contribution in [0.4, 0.5) is 5.82 Å². The number of piperazine rings is 1. The summed E-state index contributed by atoms with van der Waals surface area (Å²) in [6.45, 7) is 6.37. The molecular weight excluding hydrogens is 266 g/mol. The van der Waals surface area contributed by atoms with Gasteiger partial charge >= 0.3 is 0 Å². The molecule has 3 N–H and O–H groups in total. The number of likely N-dealkylation sites (N-methyl/N-ethyl adjacent to an activating group) is 1. The van der Waals surface area contributed by atoms with Crippen molar-refractivity contribution in [3.05, 3.63) is 23.9 Å². The van der Waals surface area contributed by atoms with Crippen molar-refractivity contribution in [1.29, 1.82) is 0 Å². The van der Waals surface area contributed by atoms with Gasteiger partial charge in [0.2, 0.25) is 5.91 Å². The fourth-order valence-corrected chi connectivity index (χ4v) is 2.37. The summed E-state index contributed by atoms with van der Waals surface area (Å²) in [5, 5.41) is 2.90. The average molecular weight is 291 g/mol. The Kier molecular flexibility index (Phi) is 5.52. The standard InChI is InChI=1S/C15H25N5O/c1-3-13(16)15(21)18-11-12-5-4-6-17-14(12)20-9-7-19(2)8-10-20/h4-6,13H,3,7-11,16H2,1-2H3,(H,18,21)/t13-/m0/s1. The van der Waals surface area contributed by atoms with Crippen LogP contribution in [0.5, 0.6) is 0 Å². The molecule has 1 aliphatic heterocycles. The molecule has 1 atom stereocenters. The van der Waals surface area contributed by atoms with Gasteiger partial charge in [-0.15, -0.1) is 0 Å². The van der Waals surface area contributed by atoms with Crippen molar-refractivity contribution >= 4 is 11.7 Å². The van der Waals surface area contributed by atoms with Gasteiger partial charge in [-0.3, -0.25) is 4.79 Å². The van der Waals surface area contributed by atoms with E-state index in [9.17, 15) is 4.79 Å². The highest BCUT2D eigenvalue weighted by Crippen LogP contribution is 2.18. The number of rotatable bonds is 5. The lowest BCUT2D eigenvalue weighted by Crippen LogP contribution is -2.45. The summed E-state index contributed by atoms with van der Waals surface area (Å²) in [5.74, 6) is 0.863. The van der Waals surface area contributed by atoms with E-state index in [2.05, 4.69) is 27.1 Å². The Bertz CT molecular complexity index is 471. The molecule has 0 aromatic carbocycles. The second-order valence-electron chi connectivity index (χ2n) is 5.51. The second kappa shape index (κ2) is 7.38. The van der Waals surface area contributed by atoms with Crippen molar-refractivity contribution in [3.8, 4) is 0 Å². The highest BCUT2D eigenvalue weighted by atomic mass is 16.2. The molecule has 1 aromatic heterocycles. The Morgan fingerprint density at radius 1 is 1.43 bits per heavy atom. The van der Waals surface area contributed by atoms with E-state index in [4.69, 9.17) is 5.73 Å². The van der Waals surface area contributed by atoms with Crippen LogP contribution in [0.3, 0.4) is 0 Å². The first-order chi connectivity index (χ1) is 10.1. The van der Waals surface area contributed by atoms with Gasteiger partial charge in [0.25, 0.3) is 0 Å². The van der Waals surface area contributed by atoms with E-state index < -0.39 is 6.04 Å². The first-order valence-electron chi connectivity index (χ1n) is 7.52. The van der Waals surface area contributed by atoms with E-state index >= 15 is 0 Å². The lowest BCUT2D eigenvalue weighted by molar-refractivity contribution is -0.122. The molecule has 0 bridgehead atoms. The average Bonchev–Trinajstić information content (AvgIpc) is 2.53. The van der Waals surface area contributed by atoms with Crippen LogP contribution in [-0.2, 0) is 11.3 Å². The number of carbonyl (C=O) groups is 1. The van der Waals surface area contributed by atoms with Crippen molar-refractivity contribution < 1.29 is 4.79 Å². The van der Waals surface area contributed by atoms with Crippen LogP contribution in [0, 0.1) is 0 Å². The van der Waals surface area contributed by atoms with Crippen LogP contribution in [0.2, 0.25) is 0 Å². The maximum atomic E-state index is 11.8. The normalized spacial score (nSPS) is 17.6. The van der Waals surface area contributed by atoms with E-state index in [-0.39, 0.29) is 5.91 Å². The van der Waals surface area contributed by atoms with Gasteiger partial charge in [0, 0.05) is 44.5 Å².